The van der Waals surface area contributed by atoms with Gasteiger partial charge in [-0.2, -0.15) is 0 Å². The number of carbonyl (C=O) groups excluding carboxylic acids is 2. The van der Waals surface area contributed by atoms with Gasteiger partial charge in [-0.1, -0.05) is 27.2 Å². The Kier molecular flexibility index (Phi) is 3.39. The summed E-state index contributed by atoms with van der Waals surface area (Å²) in [4.78, 5) is 23.6. The quantitative estimate of drug-likeness (QED) is 0.696. The molecule has 3 rings (SSSR count). The zero-order chi connectivity index (χ0) is 16.3. The fourth-order valence-corrected chi connectivity index (χ4v) is 6.16. The van der Waals surface area contributed by atoms with Crippen molar-refractivity contribution in [2.45, 2.75) is 78.4 Å². The van der Waals surface area contributed by atoms with Crippen LogP contribution in [-0.4, -0.2) is 23.6 Å². The first-order valence-electron chi connectivity index (χ1n) is 8.48. The highest BCUT2D eigenvalue weighted by Crippen LogP contribution is 2.65. The van der Waals surface area contributed by atoms with Gasteiger partial charge in [0, 0.05) is 25.2 Å². The first kappa shape index (κ1) is 15.8. The van der Waals surface area contributed by atoms with Crippen LogP contribution in [0.25, 0.3) is 0 Å². The maximum atomic E-state index is 12.0. The average molecular weight is 308 g/mol. The van der Waals surface area contributed by atoms with Crippen LogP contribution in [0.1, 0.15) is 66.7 Å². The van der Waals surface area contributed by atoms with Crippen LogP contribution in [-0.2, 0) is 19.1 Å². The van der Waals surface area contributed by atoms with E-state index in [1.807, 2.05) is 6.92 Å². The Hall–Kier alpha value is -1.06. The highest BCUT2D eigenvalue weighted by atomic mass is 16.6. The van der Waals surface area contributed by atoms with E-state index in [0.717, 1.165) is 19.3 Å². The number of ether oxygens (including phenoxy) is 2. The molecule has 0 spiro atoms. The second kappa shape index (κ2) is 4.72. The van der Waals surface area contributed by atoms with E-state index in [4.69, 9.17) is 9.47 Å². The monoisotopic (exact) mass is 308 g/mol. The van der Waals surface area contributed by atoms with Crippen molar-refractivity contribution in [3.8, 4) is 0 Å². The number of carbonyl (C=O) groups is 2. The summed E-state index contributed by atoms with van der Waals surface area (Å²) in [6.45, 7) is 10.4. The molecule has 3 fully saturated rings. The second-order valence-corrected chi connectivity index (χ2v) is 8.72. The third-order valence-electron chi connectivity index (χ3n) is 6.64. The molecule has 0 bridgehead atoms. The Morgan fingerprint density at radius 1 is 1.23 bits per heavy atom. The van der Waals surface area contributed by atoms with Crippen LogP contribution in [0.5, 0.6) is 0 Å². The van der Waals surface area contributed by atoms with Crippen molar-refractivity contribution in [2.75, 3.05) is 0 Å². The molecule has 1 aliphatic heterocycles. The third kappa shape index (κ3) is 2.17. The van der Waals surface area contributed by atoms with E-state index >= 15 is 0 Å². The van der Waals surface area contributed by atoms with Crippen LogP contribution in [0.15, 0.2) is 0 Å². The lowest BCUT2D eigenvalue weighted by molar-refractivity contribution is -0.211. The van der Waals surface area contributed by atoms with Crippen molar-refractivity contribution in [3.63, 3.8) is 0 Å². The van der Waals surface area contributed by atoms with E-state index in [2.05, 4.69) is 20.8 Å². The van der Waals surface area contributed by atoms with Gasteiger partial charge < -0.3 is 9.47 Å². The van der Waals surface area contributed by atoms with Gasteiger partial charge in [0.25, 0.3) is 0 Å². The maximum Gasteiger partial charge on any atom is 0.306 e. The van der Waals surface area contributed by atoms with E-state index in [-0.39, 0.29) is 40.7 Å². The Morgan fingerprint density at radius 2 is 1.91 bits per heavy atom. The van der Waals surface area contributed by atoms with Crippen molar-refractivity contribution >= 4 is 11.9 Å². The SMILES string of the molecule is CC(=O)O[C@H]1C[C@@]2(C)OC(=O)C[C@@H]2[C@@]2(C)CCCC(C)(C)[C@H]12. The molecule has 1 saturated heterocycles. The fraction of sp³-hybridized carbons (Fsp3) is 0.889. The molecule has 124 valence electrons. The summed E-state index contributed by atoms with van der Waals surface area (Å²) >= 11 is 0. The summed E-state index contributed by atoms with van der Waals surface area (Å²) in [5.74, 6) is 0.175. The van der Waals surface area contributed by atoms with Crippen LogP contribution >= 0.6 is 0 Å². The Balaban J connectivity index is 2.06. The molecule has 5 atom stereocenters. The summed E-state index contributed by atoms with van der Waals surface area (Å²) in [7, 11) is 0. The normalized spacial score (nSPS) is 46.4. The molecule has 0 unspecified atom stereocenters. The first-order chi connectivity index (χ1) is 10.1. The summed E-state index contributed by atoms with van der Waals surface area (Å²) in [6, 6.07) is 0. The van der Waals surface area contributed by atoms with Gasteiger partial charge in [0.05, 0.1) is 6.42 Å². The van der Waals surface area contributed by atoms with Crippen molar-refractivity contribution in [3.05, 3.63) is 0 Å². The topological polar surface area (TPSA) is 52.6 Å². The van der Waals surface area contributed by atoms with Gasteiger partial charge in [0.1, 0.15) is 11.7 Å². The van der Waals surface area contributed by atoms with E-state index in [1.165, 1.54) is 6.92 Å². The largest absolute Gasteiger partial charge is 0.462 e. The van der Waals surface area contributed by atoms with Gasteiger partial charge in [-0.3, -0.25) is 9.59 Å². The van der Waals surface area contributed by atoms with E-state index in [0.29, 0.717) is 12.8 Å². The fourth-order valence-electron chi connectivity index (χ4n) is 6.16. The molecule has 0 N–H and O–H groups in total. The predicted molar refractivity (Wildman–Crippen MR) is 82.0 cm³/mol. The lowest BCUT2D eigenvalue weighted by atomic mass is 9.45. The van der Waals surface area contributed by atoms with Crippen molar-refractivity contribution < 1.29 is 19.1 Å². The first-order valence-corrected chi connectivity index (χ1v) is 8.48. The van der Waals surface area contributed by atoms with Gasteiger partial charge in [-0.05, 0) is 30.6 Å². The lowest BCUT2D eigenvalue weighted by Gasteiger charge is -2.61. The molecule has 0 radical (unpaired) electrons. The van der Waals surface area contributed by atoms with Crippen molar-refractivity contribution in [2.24, 2.45) is 22.7 Å². The second-order valence-electron chi connectivity index (χ2n) is 8.72. The van der Waals surface area contributed by atoms with E-state index in [1.54, 1.807) is 0 Å². The smallest absolute Gasteiger partial charge is 0.306 e. The number of hydrogen-bond donors (Lipinski definition) is 0. The molecule has 0 amide bonds. The Labute approximate surface area is 132 Å². The molecule has 22 heavy (non-hydrogen) atoms. The number of hydrogen-bond acceptors (Lipinski definition) is 4. The van der Waals surface area contributed by atoms with Crippen LogP contribution in [0.2, 0.25) is 0 Å². The van der Waals surface area contributed by atoms with Crippen molar-refractivity contribution in [1.82, 2.24) is 0 Å². The molecule has 0 aromatic heterocycles. The summed E-state index contributed by atoms with van der Waals surface area (Å²) in [5.41, 5.74) is -0.392. The molecule has 4 nitrogen and oxygen atoms in total. The molecule has 2 aliphatic carbocycles. The molecular weight excluding hydrogens is 280 g/mol. The highest BCUT2D eigenvalue weighted by Gasteiger charge is 2.66. The highest BCUT2D eigenvalue weighted by molar-refractivity contribution is 5.73. The lowest BCUT2D eigenvalue weighted by Crippen LogP contribution is -2.62. The predicted octanol–water partition coefficient (Wildman–Crippen LogP) is 3.48. The maximum absolute atomic E-state index is 12.0. The molecule has 0 aromatic carbocycles. The molecule has 0 aromatic rings. The van der Waals surface area contributed by atoms with Gasteiger partial charge in [-0.15, -0.1) is 0 Å². The number of rotatable bonds is 1. The molecule has 2 saturated carbocycles. The minimum Gasteiger partial charge on any atom is -0.462 e. The van der Waals surface area contributed by atoms with Crippen LogP contribution < -0.4 is 0 Å². The van der Waals surface area contributed by atoms with Gasteiger partial charge in [0.2, 0.25) is 0 Å². The minimum absolute atomic E-state index is 0.0129. The Morgan fingerprint density at radius 3 is 2.55 bits per heavy atom. The van der Waals surface area contributed by atoms with Gasteiger partial charge in [0.15, 0.2) is 0 Å². The van der Waals surface area contributed by atoms with Crippen molar-refractivity contribution in [1.29, 1.82) is 0 Å². The van der Waals surface area contributed by atoms with E-state index < -0.39 is 5.60 Å². The van der Waals surface area contributed by atoms with Crippen LogP contribution in [0, 0.1) is 22.7 Å². The minimum atomic E-state index is -0.490. The zero-order valence-corrected chi connectivity index (χ0v) is 14.4. The van der Waals surface area contributed by atoms with Crippen LogP contribution in [0.4, 0.5) is 0 Å². The zero-order valence-electron chi connectivity index (χ0n) is 14.4. The molecule has 1 heterocycles. The average Bonchev–Trinajstić information content (AvgIpc) is 2.62. The third-order valence-corrected chi connectivity index (χ3v) is 6.64. The molecule has 4 heteroatoms. The van der Waals surface area contributed by atoms with Crippen LogP contribution in [0.3, 0.4) is 0 Å². The summed E-state index contributed by atoms with van der Waals surface area (Å²) in [5, 5.41) is 0. The summed E-state index contributed by atoms with van der Waals surface area (Å²) < 4.78 is 11.5. The number of fused-ring (bicyclic) bond motifs is 3. The number of esters is 2. The summed E-state index contributed by atoms with van der Waals surface area (Å²) in [6.07, 6.45) is 4.36. The van der Waals surface area contributed by atoms with Gasteiger partial charge >= 0.3 is 11.9 Å². The molecular formula is C18H28O4. The van der Waals surface area contributed by atoms with E-state index in [9.17, 15) is 9.59 Å². The standard InChI is InChI=1S/C18H28O4/c1-11(19)21-12-10-18(5)13(9-14(20)22-18)17(4)8-6-7-16(2,3)15(12)17/h12-13,15H,6-10H2,1-5H3/t12-,13+,15-,17+,18+/m0/s1. The Bertz CT molecular complexity index is 511. The van der Waals surface area contributed by atoms with Gasteiger partial charge in [-0.25, -0.2) is 0 Å². The molecule has 3 aliphatic rings.